The number of benzene rings is 1. The van der Waals surface area contributed by atoms with Gasteiger partial charge in [-0.05, 0) is 43.0 Å². The van der Waals surface area contributed by atoms with Crippen LogP contribution in [-0.4, -0.2) is 30.4 Å². The van der Waals surface area contributed by atoms with E-state index in [2.05, 4.69) is 41.4 Å². The molecule has 1 aliphatic heterocycles. The molecular weight excluding hydrogens is 298 g/mol. The smallest absolute Gasteiger partial charge is 0.221 e. The largest absolute Gasteiger partial charge is 0.352 e. The maximum atomic E-state index is 11.4. The van der Waals surface area contributed by atoms with Crippen LogP contribution in [-0.2, 0) is 17.9 Å². The van der Waals surface area contributed by atoms with E-state index in [1.165, 1.54) is 31.5 Å². The number of nitrogens with two attached hydrogens (primary N) is 1. The molecule has 0 saturated carbocycles. The third-order valence-electron chi connectivity index (χ3n) is 4.17. The molecule has 1 aromatic rings. The number of nitrogens with one attached hydrogen (secondary N) is 1. The van der Waals surface area contributed by atoms with Gasteiger partial charge in [-0.3, -0.25) is 9.69 Å². The highest BCUT2D eigenvalue weighted by Gasteiger charge is 2.15. The summed E-state index contributed by atoms with van der Waals surface area (Å²) < 4.78 is 0. The fraction of sp³-hybridized carbons (Fsp3) is 0.588. The lowest BCUT2D eigenvalue weighted by Crippen LogP contribution is -2.32. The van der Waals surface area contributed by atoms with Crippen LogP contribution in [0.25, 0.3) is 0 Å². The predicted octanol–water partition coefficient (Wildman–Crippen LogP) is 2.31. The molecule has 22 heavy (non-hydrogen) atoms. The average molecular weight is 326 g/mol. The van der Waals surface area contributed by atoms with Crippen molar-refractivity contribution in [2.24, 2.45) is 11.7 Å². The molecule has 1 saturated heterocycles. The van der Waals surface area contributed by atoms with Crippen molar-refractivity contribution in [2.75, 3.05) is 19.6 Å². The van der Waals surface area contributed by atoms with E-state index in [0.29, 0.717) is 19.5 Å². The monoisotopic (exact) mass is 325 g/mol. The van der Waals surface area contributed by atoms with E-state index in [1.54, 1.807) is 0 Å². The van der Waals surface area contributed by atoms with E-state index in [-0.39, 0.29) is 18.3 Å². The topological polar surface area (TPSA) is 58.4 Å². The number of hydrogen-bond donors (Lipinski definition) is 2. The molecule has 1 amide bonds. The molecule has 124 valence electrons. The SMILES string of the molecule is CC1CCN(Cc2ccc(CNC(=O)CCN)cc2)CC1.Cl. The lowest BCUT2D eigenvalue weighted by molar-refractivity contribution is -0.121. The lowest BCUT2D eigenvalue weighted by Gasteiger charge is -2.30. The van der Waals surface area contributed by atoms with Gasteiger partial charge in [-0.1, -0.05) is 31.2 Å². The molecule has 1 heterocycles. The summed E-state index contributed by atoms with van der Waals surface area (Å²) in [6, 6.07) is 8.54. The number of carbonyl (C=O) groups excluding carboxylic acids is 1. The standard InChI is InChI=1S/C17H27N3O.ClH/c1-14-7-10-20(11-8-14)13-16-4-2-15(3-5-16)12-19-17(21)6-9-18;/h2-5,14H,6-13,18H2,1H3,(H,19,21);1H. The molecular formula is C17H28ClN3O. The summed E-state index contributed by atoms with van der Waals surface area (Å²) in [4.78, 5) is 13.9. The number of hydrogen-bond acceptors (Lipinski definition) is 3. The molecule has 0 unspecified atom stereocenters. The normalized spacial score (nSPS) is 16.1. The number of amides is 1. The minimum absolute atomic E-state index is 0. The Morgan fingerprint density at radius 3 is 2.41 bits per heavy atom. The first kappa shape index (κ1) is 18.9. The Bertz CT molecular complexity index is 442. The molecule has 0 aromatic heterocycles. The number of rotatable bonds is 6. The molecule has 2 rings (SSSR count). The summed E-state index contributed by atoms with van der Waals surface area (Å²) >= 11 is 0. The zero-order chi connectivity index (χ0) is 15.1. The molecule has 1 aromatic carbocycles. The molecule has 5 heteroatoms. The summed E-state index contributed by atoms with van der Waals surface area (Å²) in [5, 5.41) is 2.88. The predicted molar refractivity (Wildman–Crippen MR) is 92.9 cm³/mol. The molecule has 0 radical (unpaired) electrons. The maximum absolute atomic E-state index is 11.4. The zero-order valence-electron chi connectivity index (χ0n) is 13.4. The van der Waals surface area contributed by atoms with Crippen LogP contribution in [0.1, 0.15) is 37.3 Å². The first-order valence-corrected chi connectivity index (χ1v) is 7.94. The number of nitrogens with zero attached hydrogens (tertiary/aromatic N) is 1. The summed E-state index contributed by atoms with van der Waals surface area (Å²) in [6.07, 6.45) is 3.02. The van der Waals surface area contributed by atoms with Gasteiger partial charge in [-0.2, -0.15) is 0 Å². The molecule has 1 fully saturated rings. The van der Waals surface area contributed by atoms with Gasteiger partial charge in [-0.25, -0.2) is 0 Å². The number of halogens is 1. The third-order valence-corrected chi connectivity index (χ3v) is 4.17. The summed E-state index contributed by atoms with van der Waals surface area (Å²) in [7, 11) is 0. The van der Waals surface area contributed by atoms with E-state index >= 15 is 0 Å². The molecule has 4 nitrogen and oxygen atoms in total. The van der Waals surface area contributed by atoms with Crippen LogP contribution in [0.5, 0.6) is 0 Å². The molecule has 0 spiro atoms. The van der Waals surface area contributed by atoms with Gasteiger partial charge in [0.2, 0.25) is 5.91 Å². The van der Waals surface area contributed by atoms with Crippen molar-refractivity contribution in [1.82, 2.24) is 10.2 Å². The molecule has 0 bridgehead atoms. The molecule has 3 N–H and O–H groups in total. The van der Waals surface area contributed by atoms with E-state index in [1.807, 2.05) is 0 Å². The van der Waals surface area contributed by atoms with E-state index in [9.17, 15) is 4.79 Å². The second-order valence-electron chi connectivity index (χ2n) is 6.09. The highest BCUT2D eigenvalue weighted by molar-refractivity contribution is 5.85. The van der Waals surface area contributed by atoms with Crippen LogP contribution < -0.4 is 11.1 Å². The van der Waals surface area contributed by atoms with Crippen LogP contribution >= 0.6 is 12.4 Å². The average Bonchev–Trinajstić information content (AvgIpc) is 2.49. The molecule has 0 aliphatic carbocycles. The van der Waals surface area contributed by atoms with Gasteiger partial charge in [0.15, 0.2) is 0 Å². The Morgan fingerprint density at radius 1 is 1.23 bits per heavy atom. The van der Waals surface area contributed by atoms with Gasteiger partial charge in [0.25, 0.3) is 0 Å². The van der Waals surface area contributed by atoms with Crippen molar-refractivity contribution in [3.05, 3.63) is 35.4 Å². The first-order valence-electron chi connectivity index (χ1n) is 7.94. The Morgan fingerprint density at radius 2 is 1.82 bits per heavy atom. The summed E-state index contributed by atoms with van der Waals surface area (Å²) in [6.45, 7) is 6.77. The quantitative estimate of drug-likeness (QED) is 0.843. The van der Waals surface area contributed by atoms with Crippen LogP contribution in [0.2, 0.25) is 0 Å². The molecule has 1 aliphatic rings. The van der Waals surface area contributed by atoms with Gasteiger partial charge < -0.3 is 11.1 Å². The second-order valence-corrected chi connectivity index (χ2v) is 6.09. The lowest BCUT2D eigenvalue weighted by atomic mass is 9.99. The van der Waals surface area contributed by atoms with Crippen molar-refractivity contribution in [3.8, 4) is 0 Å². The second kappa shape index (κ2) is 9.82. The molecule has 0 atom stereocenters. The number of piperidine rings is 1. The fourth-order valence-electron chi connectivity index (χ4n) is 2.66. The Hall–Kier alpha value is -1.10. The third kappa shape index (κ3) is 6.34. The van der Waals surface area contributed by atoms with Gasteiger partial charge >= 0.3 is 0 Å². The van der Waals surface area contributed by atoms with Crippen LogP contribution in [0.4, 0.5) is 0 Å². The van der Waals surface area contributed by atoms with Gasteiger partial charge in [0, 0.05) is 26.1 Å². The van der Waals surface area contributed by atoms with Gasteiger partial charge in [-0.15, -0.1) is 12.4 Å². The number of carbonyl (C=O) groups is 1. The van der Waals surface area contributed by atoms with E-state index < -0.39 is 0 Å². The number of likely N-dealkylation sites (tertiary alicyclic amines) is 1. The Labute approximate surface area is 139 Å². The minimum Gasteiger partial charge on any atom is -0.352 e. The highest BCUT2D eigenvalue weighted by atomic mass is 35.5. The van der Waals surface area contributed by atoms with Crippen molar-refractivity contribution in [2.45, 2.75) is 39.3 Å². The van der Waals surface area contributed by atoms with Crippen molar-refractivity contribution < 1.29 is 4.79 Å². The van der Waals surface area contributed by atoms with E-state index in [4.69, 9.17) is 5.73 Å². The van der Waals surface area contributed by atoms with Gasteiger partial charge in [0.1, 0.15) is 0 Å². The van der Waals surface area contributed by atoms with E-state index in [0.717, 1.165) is 18.0 Å². The van der Waals surface area contributed by atoms with Gasteiger partial charge in [0.05, 0.1) is 0 Å². The zero-order valence-corrected chi connectivity index (χ0v) is 14.2. The minimum atomic E-state index is 0. The van der Waals surface area contributed by atoms with Crippen molar-refractivity contribution >= 4 is 18.3 Å². The Kier molecular flexibility index (Phi) is 8.46. The first-order chi connectivity index (χ1) is 10.2. The van der Waals surface area contributed by atoms with Crippen LogP contribution in [0, 0.1) is 5.92 Å². The fourth-order valence-corrected chi connectivity index (χ4v) is 2.66. The van der Waals surface area contributed by atoms with Crippen LogP contribution in [0.15, 0.2) is 24.3 Å². The Balaban J connectivity index is 0.00000242. The summed E-state index contributed by atoms with van der Waals surface area (Å²) in [5.41, 5.74) is 7.83. The summed E-state index contributed by atoms with van der Waals surface area (Å²) in [5.74, 6) is 0.893. The highest BCUT2D eigenvalue weighted by Crippen LogP contribution is 2.18. The van der Waals surface area contributed by atoms with Crippen molar-refractivity contribution in [1.29, 1.82) is 0 Å². The maximum Gasteiger partial charge on any atom is 0.221 e. The van der Waals surface area contributed by atoms with Crippen molar-refractivity contribution in [3.63, 3.8) is 0 Å². The van der Waals surface area contributed by atoms with Crippen LogP contribution in [0.3, 0.4) is 0 Å².